The second-order valence-electron chi connectivity index (χ2n) is 11.0. The molecule has 0 amide bonds. The summed E-state index contributed by atoms with van der Waals surface area (Å²) in [5.41, 5.74) is 0.978. The van der Waals surface area contributed by atoms with Crippen LogP contribution in [0.4, 0.5) is 20.4 Å². The minimum absolute atomic E-state index is 0.0100. The molecule has 0 spiro atoms. The quantitative estimate of drug-likeness (QED) is 0.210. The van der Waals surface area contributed by atoms with E-state index in [9.17, 15) is 18.3 Å². The fourth-order valence-corrected chi connectivity index (χ4v) is 6.03. The Bertz CT molecular complexity index is 1550. The summed E-state index contributed by atoms with van der Waals surface area (Å²) < 4.78 is 68.2. The van der Waals surface area contributed by atoms with Gasteiger partial charge in [0.2, 0.25) is 21.9 Å². The van der Waals surface area contributed by atoms with E-state index in [0.717, 1.165) is 18.0 Å². The summed E-state index contributed by atoms with van der Waals surface area (Å²) in [5, 5.41) is 24.1. The van der Waals surface area contributed by atoms with Gasteiger partial charge in [0, 0.05) is 31.8 Å². The van der Waals surface area contributed by atoms with Gasteiger partial charge in [-0.15, -0.1) is 0 Å². The van der Waals surface area contributed by atoms with Crippen molar-refractivity contribution in [1.29, 1.82) is 0 Å². The molecule has 4 N–H and O–H groups in total. The molecule has 2 aliphatic rings. The fraction of sp³-hybridized carbons (Fsp3) is 0.500. The summed E-state index contributed by atoms with van der Waals surface area (Å²) in [6.45, 7) is 0.842. The van der Waals surface area contributed by atoms with Crippen LogP contribution in [0, 0.1) is 5.92 Å². The van der Waals surface area contributed by atoms with Gasteiger partial charge in [-0.05, 0) is 42.5 Å². The largest absolute Gasteiger partial charge is 0.495 e. The summed E-state index contributed by atoms with van der Waals surface area (Å²) >= 11 is 0. The molecule has 4 atom stereocenters. The van der Waals surface area contributed by atoms with Crippen LogP contribution in [0.5, 0.6) is 11.6 Å². The van der Waals surface area contributed by atoms with Gasteiger partial charge in [0.1, 0.15) is 17.4 Å². The van der Waals surface area contributed by atoms with Crippen molar-refractivity contribution in [3.05, 3.63) is 59.3 Å². The van der Waals surface area contributed by atoms with Crippen LogP contribution in [0.3, 0.4) is 0 Å². The van der Waals surface area contributed by atoms with E-state index in [1.54, 1.807) is 6.07 Å². The van der Waals surface area contributed by atoms with Crippen LogP contribution >= 0.6 is 0 Å². The average molecular weight is 652 g/mol. The van der Waals surface area contributed by atoms with E-state index >= 15 is 8.78 Å². The number of halogens is 2. The number of aromatic nitrogens is 2. The van der Waals surface area contributed by atoms with Gasteiger partial charge in [0.15, 0.2) is 5.78 Å². The Morgan fingerprint density at radius 3 is 2.73 bits per heavy atom. The normalized spacial score (nSPS) is 20.5. The van der Waals surface area contributed by atoms with Gasteiger partial charge < -0.3 is 30.3 Å². The number of hydrogen-bond acceptors (Lipinski definition) is 11. The van der Waals surface area contributed by atoms with Crippen molar-refractivity contribution in [2.45, 2.75) is 50.4 Å². The van der Waals surface area contributed by atoms with E-state index in [0.29, 0.717) is 24.1 Å². The van der Waals surface area contributed by atoms with Crippen LogP contribution < -0.4 is 20.1 Å². The Morgan fingerprint density at radius 2 is 2.07 bits per heavy atom. The number of fused-ring (bicyclic) bond motifs is 1. The molecule has 1 aromatic carbocycles. The number of nitrogens with zero attached hydrogens (tertiary/aromatic N) is 3. The molecule has 4 rings (SSSR count). The van der Waals surface area contributed by atoms with Gasteiger partial charge in [-0.3, -0.25) is 4.79 Å². The molecule has 1 aromatic heterocycles. The molecule has 0 bridgehead atoms. The molecule has 0 aliphatic heterocycles. The number of benzene rings is 1. The van der Waals surface area contributed by atoms with E-state index in [2.05, 4.69) is 20.6 Å². The van der Waals surface area contributed by atoms with Gasteiger partial charge in [-0.2, -0.15) is 9.29 Å². The van der Waals surface area contributed by atoms with Crippen LogP contribution in [0.2, 0.25) is 0 Å². The number of carbonyl (C=O) groups excluding carboxylic acids is 1. The zero-order valence-corrected chi connectivity index (χ0v) is 26.4. The highest BCUT2D eigenvalue weighted by Gasteiger charge is 2.46. The summed E-state index contributed by atoms with van der Waals surface area (Å²) in [5.74, 6) is -3.82. The highest BCUT2D eigenvalue weighted by molar-refractivity contribution is 7.88. The smallest absolute Gasteiger partial charge is 0.279 e. The minimum Gasteiger partial charge on any atom is -0.495 e. The number of ether oxygens (including phenoxy) is 2. The zero-order chi connectivity index (χ0) is 32.9. The van der Waals surface area contributed by atoms with E-state index < -0.39 is 52.8 Å². The lowest BCUT2D eigenvalue weighted by Gasteiger charge is -2.30. The maximum absolute atomic E-state index is 15.1. The van der Waals surface area contributed by atoms with Crippen LogP contribution in [0.15, 0.2) is 48.2 Å². The number of aliphatic hydroxyl groups excluding tert-OH is 2. The van der Waals surface area contributed by atoms with Crippen molar-refractivity contribution in [1.82, 2.24) is 19.6 Å². The third kappa shape index (κ3) is 8.02. The number of methoxy groups -OCH3 is 1. The summed E-state index contributed by atoms with van der Waals surface area (Å²) in [7, 11) is -0.809. The molecule has 0 radical (unpaired) electrons. The SMILES string of the molecule is CCC(F)(F)c1cnc(Nc2ccc(C(=O)CNCC(O)CO)cc2OC)nc1OC1CC2CC=CC=C2C1N(C)S(C)(=O)=O. The minimum atomic E-state index is -3.65. The molecular weight excluding hydrogens is 612 g/mol. The topological polar surface area (TPSA) is 163 Å². The number of likely N-dealkylation sites (N-methyl/N-ethyl adjacent to an activating group) is 1. The number of carbonyl (C=O) groups is 1. The van der Waals surface area contributed by atoms with Crippen LogP contribution in [-0.4, -0.2) is 97.0 Å². The predicted octanol–water partition coefficient (Wildman–Crippen LogP) is 2.77. The van der Waals surface area contributed by atoms with Gasteiger partial charge in [-0.25, -0.2) is 22.2 Å². The molecule has 1 saturated carbocycles. The molecule has 4 unspecified atom stereocenters. The first kappa shape index (κ1) is 34.4. The van der Waals surface area contributed by atoms with E-state index in [4.69, 9.17) is 14.6 Å². The standard InChI is InChI=1S/C30H39F2N5O7S/c1-5-30(31,32)22-15-34-29(35-23-11-10-19(13-25(23)43-3)24(40)16-33-14-20(39)17-38)36-28(22)44-26-12-18-8-6-7-9-21(18)27(26)37(2)45(4,41)42/h6-7,9-11,13,15,18,20,26-27,33,38-39H,5,8,12,14,16-17H2,1-4H3,(H,34,35,36). The number of ketones is 1. The first-order valence-corrected chi connectivity index (χ1v) is 16.3. The molecular formula is C30H39F2N5O7S. The van der Waals surface area contributed by atoms with Crippen molar-refractivity contribution in [3.63, 3.8) is 0 Å². The highest BCUT2D eigenvalue weighted by atomic mass is 32.2. The Labute approximate surface area is 261 Å². The Balaban J connectivity index is 1.63. The molecule has 12 nitrogen and oxygen atoms in total. The number of allylic oxidation sites excluding steroid dienone is 3. The Morgan fingerprint density at radius 1 is 1.31 bits per heavy atom. The first-order chi connectivity index (χ1) is 21.3. The summed E-state index contributed by atoms with van der Waals surface area (Å²) in [6, 6.07) is 3.85. The van der Waals surface area contributed by atoms with E-state index in [1.165, 1.54) is 37.5 Å². The van der Waals surface area contributed by atoms with Crippen molar-refractivity contribution >= 4 is 27.4 Å². The van der Waals surface area contributed by atoms with Crippen molar-refractivity contribution in [2.75, 3.05) is 45.4 Å². The number of nitrogens with one attached hydrogen (secondary N) is 2. The zero-order valence-electron chi connectivity index (χ0n) is 25.5. The summed E-state index contributed by atoms with van der Waals surface area (Å²) in [6.07, 6.45) is 6.52. The molecule has 2 aromatic rings. The van der Waals surface area contributed by atoms with Crippen LogP contribution in [0.1, 0.15) is 42.1 Å². The lowest BCUT2D eigenvalue weighted by atomic mass is 9.93. The predicted molar refractivity (Wildman–Crippen MR) is 164 cm³/mol. The van der Waals surface area contributed by atoms with Gasteiger partial charge in [0.25, 0.3) is 5.92 Å². The number of anilines is 2. The van der Waals surface area contributed by atoms with E-state index in [-0.39, 0.29) is 42.4 Å². The highest BCUT2D eigenvalue weighted by Crippen LogP contribution is 2.44. The third-order valence-electron chi connectivity index (χ3n) is 7.94. The monoisotopic (exact) mass is 651 g/mol. The van der Waals surface area contributed by atoms with Crippen molar-refractivity contribution in [3.8, 4) is 11.6 Å². The molecule has 0 saturated heterocycles. The van der Waals surface area contributed by atoms with Crippen molar-refractivity contribution < 1.29 is 41.7 Å². The number of rotatable bonds is 15. The number of Topliss-reactive ketones (excluding diaryl/α,β-unsaturated/α-hetero) is 1. The molecule has 246 valence electrons. The van der Waals surface area contributed by atoms with E-state index in [1.807, 2.05) is 18.2 Å². The number of aliphatic hydroxyl groups is 2. The van der Waals surface area contributed by atoms with Crippen LogP contribution in [-0.2, 0) is 15.9 Å². The molecule has 15 heteroatoms. The Hall–Kier alpha value is -3.50. The third-order valence-corrected chi connectivity index (χ3v) is 9.22. The fourth-order valence-electron chi connectivity index (χ4n) is 5.36. The summed E-state index contributed by atoms with van der Waals surface area (Å²) in [4.78, 5) is 21.0. The lowest BCUT2D eigenvalue weighted by molar-refractivity contribution is -0.0137. The second-order valence-corrected chi connectivity index (χ2v) is 13.1. The average Bonchev–Trinajstić information content (AvgIpc) is 3.37. The number of alkyl halides is 2. The second kappa shape index (κ2) is 14.3. The molecule has 45 heavy (non-hydrogen) atoms. The number of hydrogen-bond donors (Lipinski definition) is 4. The first-order valence-electron chi connectivity index (χ1n) is 14.5. The molecule has 1 heterocycles. The number of sulfonamides is 1. The maximum Gasteiger partial charge on any atom is 0.279 e. The molecule has 2 aliphatic carbocycles. The van der Waals surface area contributed by atoms with Gasteiger partial charge in [0.05, 0.1) is 44.4 Å². The lowest BCUT2D eigenvalue weighted by Crippen LogP contribution is -2.44. The van der Waals surface area contributed by atoms with Crippen LogP contribution in [0.25, 0.3) is 0 Å². The molecule has 1 fully saturated rings. The van der Waals surface area contributed by atoms with Crippen molar-refractivity contribution in [2.24, 2.45) is 5.92 Å². The van der Waals surface area contributed by atoms with Gasteiger partial charge >= 0.3 is 0 Å². The maximum atomic E-state index is 15.1. The van der Waals surface area contributed by atoms with Gasteiger partial charge in [-0.1, -0.05) is 25.2 Å². The Kier molecular flexibility index (Phi) is 10.9.